The molecule has 2 atom stereocenters. The van der Waals surface area contributed by atoms with Crippen molar-refractivity contribution in [3.05, 3.63) is 34.6 Å². The number of carbonyl (C=O) groups is 1. The van der Waals surface area contributed by atoms with Gasteiger partial charge < -0.3 is 9.64 Å². The molecule has 1 aromatic carbocycles. The van der Waals surface area contributed by atoms with Gasteiger partial charge in [-0.3, -0.25) is 4.79 Å². The summed E-state index contributed by atoms with van der Waals surface area (Å²) in [5.74, 6) is -0.661. The van der Waals surface area contributed by atoms with Gasteiger partial charge in [-0.1, -0.05) is 18.0 Å². The standard InChI is InChI=1S/C17H21ClFNO2/c1-22-15-4-2-7-17(15)8-3-9-20(11-17)16(21)12-5-6-13(18)14(19)10-12/h5-6,10,15H,2-4,7-9,11H2,1H3/t15-,17+/m1/s1. The molecule has 0 N–H and O–H groups in total. The van der Waals surface area contributed by atoms with Crippen LogP contribution in [-0.2, 0) is 4.74 Å². The average Bonchev–Trinajstić information content (AvgIpc) is 2.91. The molecule has 1 heterocycles. The molecule has 1 amide bonds. The predicted octanol–water partition coefficient (Wildman–Crippen LogP) is 3.90. The number of methoxy groups -OCH3 is 1. The summed E-state index contributed by atoms with van der Waals surface area (Å²) in [4.78, 5) is 14.5. The fourth-order valence-corrected chi connectivity index (χ4v) is 4.20. The molecule has 0 radical (unpaired) electrons. The summed E-state index contributed by atoms with van der Waals surface area (Å²) in [6, 6.07) is 4.27. The predicted molar refractivity (Wildman–Crippen MR) is 83.6 cm³/mol. The molecule has 1 aliphatic heterocycles. The molecule has 2 fully saturated rings. The minimum absolute atomic E-state index is 0.0434. The molecule has 1 aromatic rings. The van der Waals surface area contributed by atoms with Crippen molar-refractivity contribution in [3.63, 3.8) is 0 Å². The zero-order chi connectivity index (χ0) is 15.7. The Morgan fingerprint density at radius 2 is 2.18 bits per heavy atom. The maximum Gasteiger partial charge on any atom is 0.253 e. The number of benzene rings is 1. The van der Waals surface area contributed by atoms with Crippen LogP contribution < -0.4 is 0 Å². The van der Waals surface area contributed by atoms with Crippen molar-refractivity contribution < 1.29 is 13.9 Å². The van der Waals surface area contributed by atoms with Gasteiger partial charge in [0.1, 0.15) is 5.82 Å². The molecule has 0 aromatic heterocycles. The first-order valence-corrected chi connectivity index (χ1v) is 8.21. The van der Waals surface area contributed by atoms with E-state index < -0.39 is 5.82 Å². The number of rotatable bonds is 2. The molecule has 120 valence electrons. The summed E-state index contributed by atoms with van der Waals surface area (Å²) in [7, 11) is 1.76. The van der Waals surface area contributed by atoms with Crippen LogP contribution in [0.3, 0.4) is 0 Å². The van der Waals surface area contributed by atoms with Crippen molar-refractivity contribution in [1.82, 2.24) is 4.90 Å². The number of hydrogen-bond donors (Lipinski definition) is 0. The third-order valence-electron chi connectivity index (χ3n) is 5.17. The van der Waals surface area contributed by atoms with Crippen molar-refractivity contribution >= 4 is 17.5 Å². The van der Waals surface area contributed by atoms with E-state index in [1.54, 1.807) is 13.2 Å². The smallest absolute Gasteiger partial charge is 0.253 e. The largest absolute Gasteiger partial charge is 0.381 e. The molecule has 3 rings (SSSR count). The van der Waals surface area contributed by atoms with Gasteiger partial charge in [-0.2, -0.15) is 0 Å². The highest BCUT2D eigenvalue weighted by Gasteiger charge is 2.46. The Bertz CT molecular complexity index is 580. The Morgan fingerprint density at radius 1 is 1.41 bits per heavy atom. The first-order chi connectivity index (χ1) is 10.6. The number of piperidine rings is 1. The van der Waals surface area contributed by atoms with E-state index >= 15 is 0 Å². The first kappa shape index (κ1) is 15.8. The van der Waals surface area contributed by atoms with Gasteiger partial charge in [0.15, 0.2) is 0 Å². The molecule has 1 aliphatic carbocycles. The molecule has 2 aliphatic rings. The SMILES string of the molecule is CO[C@@H]1CCC[C@@]12CCCN(C(=O)c1ccc(Cl)c(F)c1)C2. The number of ether oxygens (including phenoxy) is 1. The molecule has 1 spiro atoms. The summed E-state index contributed by atoms with van der Waals surface area (Å²) >= 11 is 5.69. The van der Waals surface area contributed by atoms with Gasteiger partial charge in [-0.05, 0) is 43.9 Å². The fraction of sp³-hybridized carbons (Fsp3) is 0.588. The van der Waals surface area contributed by atoms with Crippen LogP contribution in [0, 0.1) is 11.2 Å². The van der Waals surface area contributed by atoms with Crippen LogP contribution in [0.1, 0.15) is 42.5 Å². The van der Waals surface area contributed by atoms with Crippen molar-refractivity contribution in [3.8, 4) is 0 Å². The lowest BCUT2D eigenvalue weighted by molar-refractivity contribution is -0.0295. The highest BCUT2D eigenvalue weighted by atomic mass is 35.5. The Hall–Kier alpha value is -1.13. The third kappa shape index (κ3) is 2.74. The van der Waals surface area contributed by atoms with Gasteiger partial charge in [-0.15, -0.1) is 0 Å². The van der Waals surface area contributed by atoms with Crippen LogP contribution in [-0.4, -0.2) is 37.1 Å². The van der Waals surface area contributed by atoms with E-state index in [1.807, 2.05) is 4.90 Å². The van der Waals surface area contributed by atoms with Gasteiger partial charge in [0.2, 0.25) is 0 Å². The lowest BCUT2D eigenvalue weighted by Crippen LogP contribution is -2.49. The lowest BCUT2D eigenvalue weighted by atomic mass is 9.76. The maximum absolute atomic E-state index is 13.6. The number of carbonyl (C=O) groups excluding carboxylic acids is 1. The van der Waals surface area contributed by atoms with Gasteiger partial charge in [-0.25, -0.2) is 4.39 Å². The number of hydrogen-bond acceptors (Lipinski definition) is 2. The van der Waals surface area contributed by atoms with Crippen LogP contribution in [0.4, 0.5) is 4.39 Å². The van der Waals surface area contributed by atoms with E-state index in [9.17, 15) is 9.18 Å². The number of nitrogens with zero attached hydrogens (tertiary/aromatic N) is 1. The van der Waals surface area contributed by atoms with E-state index in [0.29, 0.717) is 12.1 Å². The second kappa shape index (κ2) is 6.17. The van der Waals surface area contributed by atoms with Crippen LogP contribution in [0.5, 0.6) is 0 Å². The summed E-state index contributed by atoms with van der Waals surface area (Å²) in [5.41, 5.74) is 0.444. The van der Waals surface area contributed by atoms with E-state index in [4.69, 9.17) is 16.3 Å². The second-order valence-electron chi connectivity index (χ2n) is 6.44. The van der Waals surface area contributed by atoms with Crippen molar-refractivity contribution in [2.75, 3.05) is 20.2 Å². The molecule has 5 heteroatoms. The third-order valence-corrected chi connectivity index (χ3v) is 5.48. The highest BCUT2D eigenvalue weighted by Crippen LogP contribution is 2.46. The highest BCUT2D eigenvalue weighted by molar-refractivity contribution is 6.30. The van der Waals surface area contributed by atoms with E-state index in [-0.39, 0.29) is 22.4 Å². The van der Waals surface area contributed by atoms with Crippen molar-refractivity contribution in [2.24, 2.45) is 5.41 Å². The van der Waals surface area contributed by atoms with Gasteiger partial charge in [0.25, 0.3) is 5.91 Å². The minimum Gasteiger partial charge on any atom is -0.381 e. The molecule has 3 nitrogen and oxygen atoms in total. The lowest BCUT2D eigenvalue weighted by Gasteiger charge is -2.43. The maximum atomic E-state index is 13.6. The van der Waals surface area contributed by atoms with Crippen LogP contribution in [0.25, 0.3) is 0 Å². The van der Waals surface area contributed by atoms with E-state index in [1.165, 1.54) is 12.1 Å². The van der Waals surface area contributed by atoms with Crippen molar-refractivity contribution in [2.45, 2.75) is 38.2 Å². The molecule has 22 heavy (non-hydrogen) atoms. The Balaban J connectivity index is 1.79. The number of likely N-dealkylation sites (tertiary alicyclic amines) is 1. The molecule has 1 saturated heterocycles. The van der Waals surface area contributed by atoms with Crippen LogP contribution in [0.15, 0.2) is 18.2 Å². The summed E-state index contributed by atoms with van der Waals surface area (Å²) in [5, 5.41) is 0.0434. The molecular weight excluding hydrogens is 305 g/mol. The van der Waals surface area contributed by atoms with Gasteiger partial charge in [0.05, 0.1) is 11.1 Å². The van der Waals surface area contributed by atoms with E-state index in [2.05, 4.69) is 0 Å². The van der Waals surface area contributed by atoms with Crippen LogP contribution >= 0.6 is 11.6 Å². The summed E-state index contributed by atoms with van der Waals surface area (Å²) in [6.45, 7) is 1.43. The quantitative estimate of drug-likeness (QED) is 0.825. The zero-order valence-corrected chi connectivity index (χ0v) is 13.5. The van der Waals surface area contributed by atoms with Crippen LogP contribution in [0.2, 0.25) is 5.02 Å². The number of amides is 1. The second-order valence-corrected chi connectivity index (χ2v) is 6.85. The Morgan fingerprint density at radius 3 is 2.91 bits per heavy atom. The Kier molecular flexibility index (Phi) is 4.42. The van der Waals surface area contributed by atoms with Gasteiger partial charge in [0, 0.05) is 31.2 Å². The average molecular weight is 326 g/mol. The molecule has 0 bridgehead atoms. The molecule has 0 unspecified atom stereocenters. The Labute approximate surface area is 135 Å². The van der Waals surface area contributed by atoms with E-state index in [0.717, 1.165) is 38.6 Å². The van der Waals surface area contributed by atoms with Gasteiger partial charge >= 0.3 is 0 Å². The topological polar surface area (TPSA) is 29.5 Å². The first-order valence-electron chi connectivity index (χ1n) is 7.83. The fourth-order valence-electron chi connectivity index (χ4n) is 4.09. The minimum atomic E-state index is -0.546. The normalized spacial score (nSPS) is 28.3. The summed E-state index contributed by atoms with van der Waals surface area (Å²) in [6.07, 6.45) is 5.62. The molecular formula is C17H21ClFNO2. The monoisotopic (exact) mass is 325 g/mol. The zero-order valence-electron chi connectivity index (χ0n) is 12.8. The summed E-state index contributed by atoms with van der Waals surface area (Å²) < 4.78 is 19.3. The molecule has 1 saturated carbocycles. The van der Waals surface area contributed by atoms with Crippen molar-refractivity contribution in [1.29, 1.82) is 0 Å². The number of halogens is 2.